The molecule has 4 rings (SSSR count). The number of oxazole rings is 1. The van der Waals surface area contributed by atoms with Crippen molar-refractivity contribution in [3.63, 3.8) is 0 Å². The molecule has 1 unspecified atom stereocenters. The molecule has 0 saturated heterocycles. The third-order valence-corrected chi connectivity index (χ3v) is 5.46. The van der Waals surface area contributed by atoms with Crippen LogP contribution >= 0.6 is 11.6 Å². The van der Waals surface area contributed by atoms with Gasteiger partial charge in [-0.2, -0.15) is 5.10 Å². The number of aromatic nitrogens is 3. The third kappa shape index (κ3) is 6.29. The minimum absolute atomic E-state index is 0.158. The van der Waals surface area contributed by atoms with E-state index in [4.69, 9.17) is 20.8 Å². The number of nitrogens with zero attached hydrogens (tertiary/aromatic N) is 2. The van der Waals surface area contributed by atoms with Gasteiger partial charge in [-0.25, -0.2) is 9.59 Å². The molecule has 1 amide bonds. The summed E-state index contributed by atoms with van der Waals surface area (Å²) in [6.45, 7) is 6.10. The fourth-order valence-corrected chi connectivity index (χ4v) is 3.78. The number of hydrogen-bond acceptors (Lipinski definition) is 5. The molecule has 9 heteroatoms. The van der Waals surface area contributed by atoms with Crippen LogP contribution in [0.4, 0.5) is 4.79 Å². The first kappa shape index (κ1) is 23.6. The number of rotatable bonds is 7. The maximum atomic E-state index is 12.4. The Hall–Kier alpha value is -3.52. The Kier molecular flexibility index (Phi) is 6.79. The second kappa shape index (κ2) is 9.77. The average molecular weight is 483 g/mol. The van der Waals surface area contributed by atoms with Crippen LogP contribution in [-0.2, 0) is 17.7 Å². The Labute approximate surface area is 201 Å². The number of nitrogens with one attached hydrogen (secondary N) is 2. The highest BCUT2D eigenvalue weighted by atomic mass is 35.5. The molecule has 0 fully saturated rings. The Morgan fingerprint density at radius 1 is 1.21 bits per heavy atom. The summed E-state index contributed by atoms with van der Waals surface area (Å²) in [5, 5.41) is 8.12. The van der Waals surface area contributed by atoms with Crippen molar-refractivity contribution >= 4 is 28.8 Å². The minimum Gasteiger partial charge on any atom is -0.444 e. The van der Waals surface area contributed by atoms with Crippen molar-refractivity contribution < 1.29 is 13.9 Å². The van der Waals surface area contributed by atoms with Gasteiger partial charge in [-0.15, -0.1) is 0 Å². The van der Waals surface area contributed by atoms with Gasteiger partial charge in [-0.3, -0.25) is 9.67 Å². The van der Waals surface area contributed by atoms with Crippen molar-refractivity contribution in [2.75, 3.05) is 0 Å². The lowest BCUT2D eigenvalue weighted by atomic mass is 10.0. The Balaban J connectivity index is 1.45. The van der Waals surface area contributed by atoms with Gasteiger partial charge in [0.1, 0.15) is 5.60 Å². The Bertz CT molecular complexity index is 1330. The van der Waals surface area contributed by atoms with E-state index in [2.05, 4.69) is 15.4 Å². The lowest BCUT2D eigenvalue weighted by Gasteiger charge is -2.24. The molecule has 34 heavy (non-hydrogen) atoms. The number of aryl methyl sites for hydroxylation is 1. The maximum Gasteiger partial charge on any atom is 0.417 e. The fraction of sp³-hybridized carbons (Fsp3) is 0.320. The number of aromatic amines is 1. The molecule has 1 atom stereocenters. The molecule has 2 aromatic carbocycles. The fourth-order valence-electron chi connectivity index (χ4n) is 3.65. The van der Waals surface area contributed by atoms with E-state index in [0.717, 1.165) is 16.7 Å². The van der Waals surface area contributed by atoms with Gasteiger partial charge in [0.25, 0.3) is 0 Å². The SMILES string of the molecule is CC(C)(C)OC(=O)NC(CCn1cc(-c2ccc3[nH]c(=O)oc3c2)cn1)Cc1ccc(Cl)cc1. The monoisotopic (exact) mass is 482 g/mol. The zero-order valence-electron chi connectivity index (χ0n) is 19.3. The number of benzene rings is 2. The summed E-state index contributed by atoms with van der Waals surface area (Å²) in [6.07, 6.45) is 4.52. The van der Waals surface area contributed by atoms with E-state index < -0.39 is 17.5 Å². The quantitative estimate of drug-likeness (QED) is 0.378. The molecule has 0 spiro atoms. The number of carbonyl (C=O) groups excluding carboxylic acids is 1. The van der Waals surface area contributed by atoms with Crippen molar-refractivity contribution in [1.29, 1.82) is 0 Å². The lowest BCUT2D eigenvalue weighted by Crippen LogP contribution is -2.40. The van der Waals surface area contributed by atoms with Crippen molar-refractivity contribution in [1.82, 2.24) is 20.1 Å². The molecule has 0 aliphatic heterocycles. The Morgan fingerprint density at radius 3 is 2.71 bits per heavy atom. The number of H-pyrrole nitrogens is 1. The van der Waals surface area contributed by atoms with Crippen LogP contribution in [0.2, 0.25) is 5.02 Å². The van der Waals surface area contributed by atoms with Gasteiger partial charge in [0.15, 0.2) is 5.58 Å². The highest BCUT2D eigenvalue weighted by molar-refractivity contribution is 6.30. The molecule has 0 saturated carbocycles. The first-order valence-electron chi connectivity index (χ1n) is 11.0. The highest BCUT2D eigenvalue weighted by Gasteiger charge is 2.20. The average Bonchev–Trinajstić information content (AvgIpc) is 3.37. The van der Waals surface area contributed by atoms with Gasteiger partial charge in [0.05, 0.1) is 11.7 Å². The molecule has 178 valence electrons. The number of ether oxygens (including phenoxy) is 1. The number of alkyl carbamates (subject to hydrolysis) is 1. The first-order chi connectivity index (χ1) is 16.1. The third-order valence-electron chi connectivity index (χ3n) is 5.21. The van der Waals surface area contributed by atoms with Gasteiger partial charge in [-0.1, -0.05) is 29.8 Å². The zero-order valence-corrected chi connectivity index (χ0v) is 20.1. The second-order valence-corrected chi connectivity index (χ2v) is 9.62. The van der Waals surface area contributed by atoms with E-state index in [1.54, 1.807) is 12.3 Å². The molecule has 0 radical (unpaired) electrons. The maximum absolute atomic E-state index is 12.4. The van der Waals surface area contributed by atoms with Crippen LogP contribution in [0.3, 0.4) is 0 Å². The summed E-state index contributed by atoms with van der Waals surface area (Å²) in [5.74, 6) is -0.480. The van der Waals surface area contributed by atoms with E-state index in [9.17, 15) is 9.59 Å². The van der Waals surface area contributed by atoms with Gasteiger partial charge in [0, 0.05) is 29.4 Å². The molecular weight excluding hydrogens is 456 g/mol. The minimum atomic E-state index is -0.578. The molecule has 2 N–H and O–H groups in total. The number of amides is 1. The normalized spacial score (nSPS) is 12.6. The van der Waals surface area contributed by atoms with E-state index >= 15 is 0 Å². The number of halogens is 1. The smallest absolute Gasteiger partial charge is 0.417 e. The van der Waals surface area contributed by atoms with Crippen LogP contribution in [-0.4, -0.2) is 32.5 Å². The molecule has 2 heterocycles. The van der Waals surface area contributed by atoms with E-state index in [1.165, 1.54) is 0 Å². The largest absolute Gasteiger partial charge is 0.444 e. The van der Waals surface area contributed by atoms with Crippen LogP contribution in [0, 0.1) is 0 Å². The van der Waals surface area contributed by atoms with Crippen molar-refractivity contribution in [2.45, 2.75) is 51.8 Å². The van der Waals surface area contributed by atoms with Gasteiger partial charge in [-0.05, 0) is 69.0 Å². The molecular formula is C25H27ClN4O4. The van der Waals surface area contributed by atoms with Gasteiger partial charge < -0.3 is 14.5 Å². The molecule has 4 aromatic rings. The van der Waals surface area contributed by atoms with Crippen LogP contribution in [0.25, 0.3) is 22.2 Å². The summed E-state index contributed by atoms with van der Waals surface area (Å²) >= 11 is 6.01. The van der Waals surface area contributed by atoms with Crippen molar-refractivity contribution in [3.05, 3.63) is 76.0 Å². The first-order valence-corrected chi connectivity index (χ1v) is 11.4. The number of hydrogen-bond donors (Lipinski definition) is 2. The van der Waals surface area contributed by atoms with E-state index in [-0.39, 0.29) is 6.04 Å². The lowest BCUT2D eigenvalue weighted by molar-refractivity contribution is 0.0500. The van der Waals surface area contributed by atoms with Crippen LogP contribution < -0.4 is 11.1 Å². The van der Waals surface area contributed by atoms with Crippen molar-refractivity contribution in [2.24, 2.45) is 0 Å². The Morgan fingerprint density at radius 2 is 1.97 bits per heavy atom. The predicted octanol–water partition coefficient (Wildman–Crippen LogP) is 5.16. The van der Waals surface area contributed by atoms with Crippen molar-refractivity contribution in [3.8, 4) is 11.1 Å². The standard InChI is InChI=1S/C25H27ClN4O4/c1-25(2,3)34-24(32)28-20(12-16-4-7-19(26)8-5-16)10-11-30-15-18(14-27-30)17-6-9-21-22(13-17)33-23(31)29-21/h4-9,13-15,20H,10-12H2,1-3H3,(H,28,32)(H,29,31). The van der Waals surface area contributed by atoms with Gasteiger partial charge >= 0.3 is 11.8 Å². The molecule has 0 aliphatic rings. The number of fused-ring (bicyclic) bond motifs is 1. The van der Waals surface area contributed by atoms with Crippen LogP contribution in [0.5, 0.6) is 0 Å². The summed E-state index contributed by atoms with van der Waals surface area (Å²) < 4.78 is 12.4. The summed E-state index contributed by atoms with van der Waals surface area (Å²) in [6, 6.07) is 12.9. The molecule has 0 bridgehead atoms. The molecule has 0 aliphatic carbocycles. The highest BCUT2D eigenvalue weighted by Crippen LogP contribution is 2.23. The number of carbonyl (C=O) groups is 1. The zero-order chi connectivity index (χ0) is 24.3. The predicted molar refractivity (Wildman–Crippen MR) is 131 cm³/mol. The van der Waals surface area contributed by atoms with Crippen LogP contribution in [0.1, 0.15) is 32.8 Å². The van der Waals surface area contributed by atoms with E-state index in [1.807, 2.05) is 68.0 Å². The summed E-state index contributed by atoms with van der Waals surface area (Å²) in [7, 11) is 0. The summed E-state index contributed by atoms with van der Waals surface area (Å²) in [5.41, 5.74) is 3.43. The molecule has 2 aromatic heterocycles. The van der Waals surface area contributed by atoms with Gasteiger partial charge in [0.2, 0.25) is 0 Å². The second-order valence-electron chi connectivity index (χ2n) is 9.18. The van der Waals surface area contributed by atoms with Crippen LogP contribution in [0.15, 0.2) is 64.1 Å². The molecule has 8 nitrogen and oxygen atoms in total. The summed E-state index contributed by atoms with van der Waals surface area (Å²) in [4.78, 5) is 26.5. The topological polar surface area (TPSA) is 102 Å². The van der Waals surface area contributed by atoms with E-state index in [0.29, 0.717) is 35.5 Å².